The molecule has 1 aromatic rings. The highest BCUT2D eigenvalue weighted by atomic mass is 35.5. The number of carbonyl (C=O) groups excluding carboxylic acids is 1. The SMILES string of the molecule is CC1(C(=O)O)CCCC1NC(=O)Nc1cc(Cl)cc(Cl)c1. The molecule has 2 amide bonds. The summed E-state index contributed by atoms with van der Waals surface area (Å²) < 4.78 is 0. The van der Waals surface area contributed by atoms with Crippen LogP contribution in [0.1, 0.15) is 26.2 Å². The summed E-state index contributed by atoms with van der Waals surface area (Å²) in [6.45, 7) is 1.66. The molecule has 5 nitrogen and oxygen atoms in total. The predicted molar refractivity (Wildman–Crippen MR) is 82.0 cm³/mol. The van der Waals surface area contributed by atoms with Crippen molar-refractivity contribution in [1.29, 1.82) is 0 Å². The van der Waals surface area contributed by atoms with Crippen molar-refractivity contribution in [1.82, 2.24) is 5.32 Å². The topological polar surface area (TPSA) is 78.4 Å². The van der Waals surface area contributed by atoms with Crippen molar-refractivity contribution in [2.45, 2.75) is 32.2 Å². The smallest absolute Gasteiger partial charge is 0.319 e. The van der Waals surface area contributed by atoms with Crippen LogP contribution in [0.2, 0.25) is 10.0 Å². The Balaban J connectivity index is 2.03. The van der Waals surface area contributed by atoms with Crippen LogP contribution in [0.25, 0.3) is 0 Å². The molecule has 0 aliphatic heterocycles. The third-order valence-corrected chi connectivity index (χ3v) is 4.31. The van der Waals surface area contributed by atoms with Crippen molar-refractivity contribution in [3.63, 3.8) is 0 Å². The van der Waals surface area contributed by atoms with Crippen molar-refractivity contribution >= 4 is 40.9 Å². The number of carboxylic acids is 1. The van der Waals surface area contributed by atoms with Crippen LogP contribution in [0.4, 0.5) is 10.5 Å². The van der Waals surface area contributed by atoms with E-state index in [1.54, 1.807) is 25.1 Å². The van der Waals surface area contributed by atoms with E-state index in [4.69, 9.17) is 23.2 Å². The summed E-state index contributed by atoms with van der Waals surface area (Å²) in [7, 11) is 0. The summed E-state index contributed by atoms with van der Waals surface area (Å²) in [6, 6.07) is 3.83. The van der Waals surface area contributed by atoms with E-state index in [1.807, 2.05) is 0 Å². The molecule has 0 saturated heterocycles. The van der Waals surface area contributed by atoms with Crippen LogP contribution in [0.5, 0.6) is 0 Å². The zero-order chi connectivity index (χ0) is 15.6. The van der Waals surface area contributed by atoms with Crippen LogP contribution in [0, 0.1) is 5.41 Å². The van der Waals surface area contributed by atoms with E-state index in [1.165, 1.54) is 0 Å². The number of hydrogen-bond acceptors (Lipinski definition) is 2. The highest BCUT2D eigenvalue weighted by molar-refractivity contribution is 6.35. The Hall–Kier alpha value is -1.46. The number of carboxylic acid groups (broad SMARTS) is 1. The van der Waals surface area contributed by atoms with Crippen molar-refractivity contribution < 1.29 is 14.7 Å². The molecule has 2 unspecified atom stereocenters. The Bertz CT molecular complexity index is 559. The van der Waals surface area contributed by atoms with Gasteiger partial charge in [-0.25, -0.2) is 4.79 Å². The fraction of sp³-hybridized carbons (Fsp3) is 0.429. The molecule has 0 spiro atoms. The minimum atomic E-state index is -0.927. The van der Waals surface area contributed by atoms with E-state index in [0.29, 0.717) is 28.6 Å². The molecule has 0 heterocycles. The van der Waals surface area contributed by atoms with Crippen molar-refractivity contribution in [2.24, 2.45) is 5.41 Å². The first kappa shape index (κ1) is 15.9. The predicted octanol–water partition coefficient (Wildman–Crippen LogP) is 3.76. The lowest BCUT2D eigenvalue weighted by molar-refractivity contribution is -0.148. The molecule has 21 heavy (non-hydrogen) atoms. The highest BCUT2D eigenvalue weighted by Gasteiger charge is 2.45. The number of benzene rings is 1. The minimum absolute atomic E-state index is 0.398. The number of rotatable bonds is 3. The lowest BCUT2D eigenvalue weighted by Crippen LogP contribution is -2.48. The van der Waals surface area contributed by atoms with Crippen LogP contribution in [-0.2, 0) is 4.79 Å². The quantitative estimate of drug-likeness (QED) is 0.789. The molecule has 0 aromatic heterocycles. The summed E-state index contributed by atoms with van der Waals surface area (Å²) in [4.78, 5) is 23.4. The summed E-state index contributed by atoms with van der Waals surface area (Å²) in [5.41, 5.74) is -0.469. The van der Waals surface area contributed by atoms with Gasteiger partial charge in [-0.1, -0.05) is 29.6 Å². The number of nitrogens with one attached hydrogen (secondary N) is 2. The normalized spacial score (nSPS) is 24.6. The average Bonchev–Trinajstić information content (AvgIpc) is 2.70. The van der Waals surface area contributed by atoms with Gasteiger partial charge >= 0.3 is 12.0 Å². The first-order valence-corrected chi connectivity index (χ1v) is 7.34. The Kier molecular flexibility index (Phi) is 4.64. The molecule has 114 valence electrons. The summed E-state index contributed by atoms with van der Waals surface area (Å²) in [5.74, 6) is -0.893. The second-order valence-electron chi connectivity index (χ2n) is 5.42. The van der Waals surface area contributed by atoms with E-state index in [2.05, 4.69) is 10.6 Å². The molecule has 0 radical (unpaired) electrons. The zero-order valence-corrected chi connectivity index (χ0v) is 13.0. The third-order valence-electron chi connectivity index (χ3n) is 3.87. The van der Waals surface area contributed by atoms with Crippen LogP contribution in [0.3, 0.4) is 0 Å². The number of aliphatic carboxylic acids is 1. The number of anilines is 1. The Labute approximate surface area is 132 Å². The minimum Gasteiger partial charge on any atom is -0.481 e. The van der Waals surface area contributed by atoms with Crippen LogP contribution in [-0.4, -0.2) is 23.1 Å². The summed E-state index contributed by atoms with van der Waals surface area (Å²) in [6.07, 6.45) is 1.97. The molecule has 3 N–H and O–H groups in total. The molecule has 1 aromatic carbocycles. The standard InChI is InChI=1S/C14H16Cl2N2O3/c1-14(12(19)20)4-2-3-11(14)18-13(21)17-10-6-8(15)5-9(16)7-10/h5-7,11H,2-4H2,1H3,(H,19,20)(H2,17,18,21). The Morgan fingerprint density at radius 3 is 2.48 bits per heavy atom. The van der Waals surface area contributed by atoms with Crippen molar-refractivity contribution in [3.05, 3.63) is 28.2 Å². The molecular formula is C14H16Cl2N2O3. The molecule has 0 bridgehead atoms. The summed E-state index contributed by atoms with van der Waals surface area (Å²) >= 11 is 11.7. The monoisotopic (exact) mass is 330 g/mol. The molecule has 1 aliphatic carbocycles. The van der Waals surface area contributed by atoms with Gasteiger partial charge in [0.25, 0.3) is 0 Å². The molecule has 1 saturated carbocycles. The van der Waals surface area contributed by atoms with Crippen LogP contribution >= 0.6 is 23.2 Å². The van der Waals surface area contributed by atoms with E-state index >= 15 is 0 Å². The van der Waals surface area contributed by atoms with E-state index in [9.17, 15) is 14.7 Å². The van der Waals surface area contributed by atoms with E-state index < -0.39 is 23.5 Å². The molecule has 1 aliphatic rings. The van der Waals surface area contributed by atoms with E-state index in [0.717, 1.165) is 6.42 Å². The maximum atomic E-state index is 12.0. The van der Waals surface area contributed by atoms with Crippen molar-refractivity contribution in [3.8, 4) is 0 Å². The van der Waals surface area contributed by atoms with Gasteiger partial charge in [0.1, 0.15) is 0 Å². The second-order valence-corrected chi connectivity index (χ2v) is 6.30. The summed E-state index contributed by atoms with van der Waals surface area (Å²) in [5, 5.41) is 15.5. The Morgan fingerprint density at radius 1 is 1.29 bits per heavy atom. The maximum absolute atomic E-state index is 12.0. The molecule has 2 atom stereocenters. The number of amides is 2. The van der Waals surface area contributed by atoms with Gasteiger partial charge in [0.15, 0.2) is 0 Å². The van der Waals surface area contributed by atoms with Gasteiger partial charge < -0.3 is 15.7 Å². The van der Waals surface area contributed by atoms with Crippen molar-refractivity contribution in [2.75, 3.05) is 5.32 Å². The Morgan fingerprint density at radius 2 is 1.90 bits per heavy atom. The molecular weight excluding hydrogens is 315 g/mol. The third kappa shape index (κ3) is 3.60. The van der Waals surface area contributed by atoms with E-state index in [-0.39, 0.29) is 0 Å². The molecule has 2 rings (SSSR count). The van der Waals surface area contributed by atoms with Gasteiger partial charge in [-0.3, -0.25) is 4.79 Å². The fourth-order valence-corrected chi connectivity index (χ4v) is 3.13. The highest BCUT2D eigenvalue weighted by Crippen LogP contribution is 2.38. The maximum Gasteiger partial charge on any atom is 0.319 e. The first-order chi connectivity index (χ1) is 9.81. The average molecular weight is 331 g/mol. The van der Waals surface area contributed by atoms with Gasteiger partial charge in [0.05, 0.1) is 5.41 Å². The van der Waals surface area contributed by atoms with Crippen LogP contribution < -0.4 is 10.6 Å². The number of hydrogen-bond donors (Lipinski definition) is 3. The number of urea groups is 1. The number of halogens is 2. The lowest BCUT2D eigenvalue weighted by atomic mass is 9.85. The van der Waals surface area contributed by atoms with Gasteiger partial charge in [0.2, 0.25) is 0 Å². The lowest BCUT2D eigenvalue weighted by Gasteiger charge is -2.27. The van der Waals surface area contributed by atoms with Gasteiger partial charge in [-0.15, -0.1) is 0 Å². The molecule has 1 fully saturated rings. The van der Waals surface area contributed by atoms with Crippen LogP contribution in [0.15, 0.2) is 18.2 Å². The van der Waals surface area contributed by atoms with Gasteiger partial charge in [-0.2, -0.15) is 0 Å². The zero-order valence-electron chi connectivity index (χ0n) is 11.5. The first-order valence-electron chi connectivity index (χ1n) is 6.58. The number of carbonyl (C=O) groups is 2. The molecule has 7 heteroatoms. The van der Waals surface area contributed by atoms with Gasteiger partial charge in [-0.05, 0) is 38.0 Å². The van der Waals surface area contributed by atoms with Gasteiger partial charge in [0, 0.05) is 21.8 Å². The largest absolute Gasteiger partial charge is 0.481 e. The fourth-order valence-electron chi connectivity index (χ4n) is 2.61. The second kappa shape index (κ2) is 6.12.